The lowest BCUT2D eigenvalue weighted by atomic mass is 10.1. The summed E-state index contributed by atoms with van der Waals surface area (Å²) >= 11 is 2.93. The van der Waals surface area contributed by atoms with Crippen molar-refractivity contribution in [3.63, 3.8) is 0 Å². The molecule has 2 aromatic heterocycles. The van der Waals surface area contributed by atoms with E-state index in [1.165, 1.54) is 22.0 Å². The maximum absolute atomic E-state index is 12.3. The Balaban J connectivity index is 1.62. The third-order valence-electron chi connectivity index (χ3n) is 3.70. The predicted octanol–water partition coefficient (Wildman–Crippen LogP) is 2.78. The average molecular weight is 374 g/mol. The van der Waals surface area contributed by atoms with E-state index in [1.807, 2.05) is 48.7 Å². The molecule has 0 radical (unpaired) electrons. The van der Waals surface area contributed by atoms with Crippen LogP contribution in [0.5, 0.6) is 0 Å². The Morgan fingerprint density at radius 3 is 2.72 bits per heavy atom. The first-order valence-corrected chi connectivity index (χ1v) is 9.58. The van der Waals surface area contributed by atoms with Crippen LogP contribution < -0.4 is 5.84 Å². The summed E-state index contributed by atoms with van der Waals surface area (Å²) in [4.78, 5) is 15.1. The molecule has 130 valence electrons. The van der Waals surface area contributed by atoms with Crippen LogP contribution in [0.15, 0.2) is 46.9 Å². The minimum absolute atomic E-state index is 0.0262. The van der Waals surface area contributed by atoms with Crippen molar-refractivity contribution in [3.05, 3.63) is 52.2 Å². The SMILES string of the molecule is Cc1ccc(-c2nnc(SCC(=O)N(C)Cc3cccs3)n2N)cc1. The highest BCUT2D eigenvalue weighted by Gasteiger charge is 2.16. The fourth-order valence-electron chi connectivity index (χ4n) is 2.24. The standard InChI is InChI=1S/C17H19N5OS2/c1-12-5-7-13(8-6-12)16-19-20-17(22(16)18)25-11-15(23)21(2)10-14-4-3-9-24-14/h3-9H,10-11,18H2,1-2H3. The molecule has 1 amide bonds. The lowest BCUT2D eigenvalue weighted by Crippen LogP contribution is -2.27. The number of thiophene rings is 1. The monoisotopic (exact) mass is 373 g/mol. The smallest absolute Gasteiger partial charge is 0.233 e. The number of nitrogens with zero attached hydrogens (tertiary/aromatic N) is 4. The minimum atomic E-state index is 0.0262. The molecule has 0 aliphatic heterocycles. The Morgan fingerprint density at radius 1 is 1.28 bits per heavy atom. The normalized spacial score (nSPS) is 10.8. The van der Waals surface area contributed by atoms with Gasteiger partial charge in [-0.2, -0.15) is 0 Å². The Hall–Kier alpha value is -2.32. The zero-order valence-electron chi connectivity index (χ0n) is 14.0. The molecule has 2 heterocycles. The highest BCUT2D eigenvalue weighted by molar-refractivity contribution is 7.99. The summed E-state index contributed by atoms with van der Waals surface area (Å²) in [5, 5.41) is 10.8. The van der Waals surface area contributed by atoms with Gasteiger partial charge in [0.1, 0.15) is 0 Å². The zero-order valence-corrected chi connectivity index (χ0v) is 15.7. The van der Waals surface area contributed by atoms with Gasteiger partial charge in [-0.15, -0.1) is 21.5 Å². The van der Waals surface area contributed by atoms with E-state index >= 15 is 0 Å². The minimum Gasteiger partial charge on any atom is -0.340 e. The molecule has 0 saturated heterocycles. The first-order valence-electron chi connectivity index (χ1n) is 7.71. The Bertz CT molecular complexity index is 843. The third kappa shape index (κ3) is 4.21. The number of rotatable bonds is 6. The van der Waals surface area contributed by atoms with Crippen molar-refractivity contribution in [1.29, 1.82) is 0 Å². The summed E-state index contributed by atoms with van der Waals surface area (Å²) in [5.41, 5.74) is 2.06. The lowest BCUT2D eigenvalue weighted by molar-refractivity contribution is -0.127. The van der Waals surface area contributed by atoms with Crippen molar-refractivity contribution in [2.45, 2.75) is 18.6 Å². The van der Waals surface area contributed by atoms with E-state index < -0.39 is 0 Å². The van der Waals surface area contributed by atoms with Gasteiger partial charge in [-0.05, 0) is 18.4 Å². The molecule has 25 heavy (non-hydrogen) atoms. The molecule has 0 aliphatic rings. The van der Waals surface area contributed by atoms with E-state index in [-0.39, 0.29) is 11.7 Å². The summed E-state index contributed by atoms with van der Waals surface area (Å²) < 4.78 is 1.43. The van der Waals surface area contributed by atoms with E-state index in [9.17, 15) is 4.79 Å². The largest absolute Gasteiger partial charge is 0.340 e. The molecule has 0 atom stereocenters. The topological polar surface area (TPSA) is 77.0 Å². The number of amides is 1. The van der Waals surface area contributed by atoms with Crippen LogP contribution in [0.4, 0.5) is 0 Å². The van der Waals surface area contributed by atoms with Gasteiger partial charge in [-0.3, -0.25) is 4.79 Å². The van der Waals surface area contributed by atoms with Crippen molar-refractivity contribution in [2.75, 3.05) is 18.6 Å². The fourth-order valence-corrected chi connectivity index (χ4v) is 3.79. The van der Waals surface area contributed by atoms with E-state index in [0.717, 1.165) is 10.4 Å². The van der Waals surface area contributed by atoms with Gasteiger partial charge in [0, 0.05) is 17.5 Å². The molecule has 0 fully saturated rings. The molecule has 0 unspecified atom stereocenters. The molecule has 8 heteroatoms. The summed E-state index contributed by atoms with van der Waals surface area (Å²) in [7, 11) is 1.80. The van der Waals surface area contributed by atoms with Crippen molar-refractivity contribution in [1.82, 2.24) is 19.8 Å². The van der Waals surface area contributed by atoms with Crippen LogP contribution in [0.2, 0.25) is 0 Å². The number of hydrogen-bond donors (Lipinski definition) is 1. The first-order chi connectivity index (χ1) is 12.0. The average Bonchev–Trinajstić information content (AvgIpc) is 3.23. The van der Waals surface area contributed by atoms with E-state index in [2.05, 4.69) is 10.2 Å². The molecule has 0 spiro atoms. The summed E-state index contributed by atoms with van der Waals surface area (Å²) in [6, 6.07) is 11.9. The second-order valence-corrected chi connectivity index (χ2v) is 7.63. The van der Waals surface area contributed by atoms with Crippen LogP contribution >= 0.6 is 23.1 Å². The van der Waals surface area contributed by atoms with Gasteiger partial charge < -0.3 is 10.7 Å². The molecule has 3 rings (SSSR count). The van der Waals surface area contributed by atoms with Gasteiger partial charge in [0.25, 0.3) is 0 Å². The molecule has 0 aliphatic carbocycles. The Kier molecular flexibility index (Phi) is 5.40. The highest BCUT2D eigenvalue weighted by atomic mass is 32.2. The van der Waals surface area contributed by atoms with Gasteiger partial charge in [0.05, 0.1) is 12.3 Å². The number of thioether (sulfide) groups is 1. The molecule has 0 saturated carbocycles. The molecule has 1 aromatic carbocycles. The van der Waals surface area contributed by atoms with E-state index in [0.29, 0.717) is 17.5 Å². The number of aryl methyl sites for hydroxylation is 1. The van der Waals surface area contributed by atoms with Crippen LogP contribution in [-0.2, 0) is 11.3 Å². The number of hydrogen-bond acceptors (Lipinski definition) is 6. The number of nitrogens with two attached hydrogens (primary N) is 1. The van der Waals surface area contributed by atoms with Gasteiger partial charge in [-0.25, -0.2) is 4.68 Å². The predicted molar refractivity (Wildman–Crippen MR) is 102 cm³/mol. The van der Waals surface area contributed by atoms with E-state index in [4.69, 9.17) is 5.84 Å². The van der Waals surface area contributed by atoms with Gasteiger partial charge in [0.15, 0.2) is 5.82 Å². The van der Waals surface area contributed by atoms with Gasteiger partial charge in [0.2, 0.25) is 11.1 Å². The van der Waals surface area contributed by atoms with Crippen LogP contribution in [0.3, 0.4) is 0 Å². The van der Waals surface area contributed by atoms with Gasteiger partial charge in [-0.1, -0.05) is 47.7 Å². The maximum Gasteiger partial charge on any atom is 0.233 e. The Morgan fingerprint density at radius 2 is 2.04 bits per heavy atom. The van der Waals surface area contributed by atoms with Crippen LogP contribution in [0, 0.1) is 6.92 Å². The zero-order chi connectivity index (χ0) is 17.8. The number of benzene rings is 1. The molecule has 6 nitrogen and oxygen atoms in total. The number of carbonyl (C=O) groups is 1. The quantitative estimate of drug-likeness (QED) is 0.531. The fraction of sp³-hybridized carbons (Fsp3) is 0.235. The van der Waals surface area contributed by atoms with Crippen molar-refractivity contribution < 1.29 is 4.79 Å². The molecule has 2 N–H and O–H groups in total. The van der Waals surface area contributed by atoms with Crippen LogP contribution in [0.1, 0.15) is 10.4 Å². The number of nitrogen functional groups attached to an aromatic ring is 1. The van der Waals surface area contributed by atoms with Crippen molar-refractivity contribution in [3.8, 4) is 11.4 Å². The lowest BCUT2D eigenvalue weighted by Gasteiger charge is -2.15. The third-order valence-corrected chi connectivity index (χ3v) is 5.49. The maximum atomic E-state index is 12.3. The van der Waals surface area contributed by atoms with Crippen LogP contribution in [0.25, 0.3) is 11.4 Å². The summed E-state index contributed by atoms with van der Waals surface area (Å²) in [5.74, 6) is 6.97. The van der Waals surface area contributed by atoms with Crippen LogP contribution in [-0.4, -0.2) is 38.5 Å². The van der Waals surface area contributed by atoms with E-state index in [1.54, 1.807) is 23.3 Å². The van der Waals surface area contributed by atoms with Crippen molar-refractivity contribution >= 4 is 29.0 Å². The van der Waals surface area contributed by atoms with Crippen molar-refractivity contribution in [2.24, 2.45) is 0 Å². The molecule has 0 bridgehead atoms. The summed E-state index contributed by atoms with van der Waals surface area (Å²) in [6.45, 7) is 2.64. The Labute approximate surface area is 154 Å². The molecular formula is C17H19N5OS2. The number of aromatic nitrogens is 3. The first kappa shape index (κ1) is 17.5. The van der Waals surface area contributed by atoms with Gasteiger partial charge >= 0.3 is 0 Å². The molecule has 3 aromatic rings. The second kappa shape index (κ2) is 7.71. The second-order valence-electron chi connectivity index (χ2n) is 5.66. The molecular weight excluding hydrogens is 354 g/mol. The highest BCUT2D eigenvalue weighted by Crippen LogP contribution is 2.22. The number of carbonyl (C=O) groups excluding carboxylic acids is 1. The summed E-state index contributed by atoms with van der Waals surface area (Å²) in [6.07, 6.45) is 0.